The number of rotatable bonds is 1. The van der Waals surface area contributed by atoms with Gasteiger partial charge in [-0.3, -0.25) is 0 Å². The maximum Gasteiger partial charge on any atom is 0.106 e. The van der Waals surface area contributed by atoms with E-state index in [0.717, 1.165) is 17.0 Å². The Hall–Kier alpha value is -1.51. The Bertz CT molecular complexity index is 443. The molecule has 0 fully saturated rings. The molecule has 0 radical (unpaired) electrons. The zero-order valence-electron chi connectivity index (χ0n) is 8.13. The van der Waals surface area contributed by atoms with Crippen molar-refractivity contribution in [2.75, 3.05) is 12.4 Å². The number of aromatic nitrogens is 2. The van der Waals surface area contributed by atoms with E-state index in [1.807, 2.05) is 33.2 Å². The molecule has 3 nitrogen and oxygen atoms in total. The first kappa shape index (κ1) is 8.10. The summed E-state index contributed by atoms with van der Waals surface area (Å²) in [6.45, 7) is 2.01. The van der Waals surface area contributed by atoms with Crippen molar-refractivity contribution in [3.8, 4) is 0 Å². The fourth-order valence-electron chi connectivity index (χ4n) is 1.47. The fraction of sp³-hybridized carbons (Fsp3) is 0.300. The maximum atomic E-state index is 4.42. The summed E-state index contributed by atoms with van der Waals surface area (Å²) in [5.74, 6) is 1.04. The third-order valence-corrected chi connectivity index (χ3v) is 2.39. The van der Waals surface area contributed by atoms with Gasteiger partial charge in [0.25, 0.3) is 0 Å². The van der Waals surface area contributed by atoms with Gasteiger partial charge in [-0.1, -0.05) is 0 Å². The summed E-state index contributed by atoms with van der Waals surface area (Å²) in [6, 6.07) is 6.18. The van der Waals surface area contributed by atoms with Crippen LogP contribution in [0, 0.1) is 6.92 Å². The minimum absolute atomic E-state index is 1.04. The molecule has 0 saturated heterocycles. The topological polar surface area (TPSA) is 29.9 Å². The number of aryl methyl sites for hydroxylation is 2. The Kier molecular flexibility index (Phi) is 1.72. The van der Waals surface area contributed by atoms with Crippen molar-refractivity contribution >= 4 is 16.7 Å². The van der Waals surface area contributed by atoms with E-state index in [1.165, 1.54) is 5.52 Å². The van der Waals surface area contributed by atoms with Gasteiger partial charge in [0.1, 0.15) is 5.82 Å². The molecule has 0 aliphatic carbocycles. The number of benzene rings is 1. The predicted molar refractivity (Wildman–Crippen MR) is 55.0 cm³/mol. The summed E-state index contributed by atoms with van der Waals surface area (Å²) in [7, 11) is 3.95. The molecule has 1 aromatic heterocycles. The second kappa shape index (κ2) is 2.76. The molecule has 0 unspecified atom stereocenters. The average molecular weight is 175 g/mol. The summed E-state index contributed by atoms with van der Waals surface area (Å²) >= 11 is 0. The second-order valence-electron chi connectivity index (χ2n) is 3.17. The van der Waals surface area contributed by atoms with Crippen molar-refractivity contribution in [3.63, 3.8) is 0 Å². The molecule has 0 aliphatic heterocycles. The van der Waals surface area contributed by atoms with Crippen molar-refractivity contribution in [1.82, 2.24) is 9.55 Å². The highest BCUT2D eigenvalue weighted by Crippen LogP contribution is 2.18. The largest absolute Gasteiger partial charge is 0.388 e. The van der Waals surface area contributed by atoms with Gasteiger partial charge in [0.15, 0.2) is 0 Å². The van der Waals surface area contributed by atoms with Gasteiger partial charge in [-0.2, -0.15) is 0 Å². The normalized spacial score (nSPS) is 10.7. The monoisotopic (exact) mass is 175 g/mol. The molecule has 0 bridgehead atoms. The first-order chi connectivity index (χ1) is 6.22. The number of nitrogens with zero attached hydrogens (tertiary/aromatic N) is 2. The van der Waals surface area contributed by atoms with Crippen LogP contribution in [-0.4, -0.2) is 16.6 Å². The van der Waals surface area contributed by atoms with Crippen molar-refractivity contribution in [3.05, 3.63) is 24.0 Å². The van der Waals surface area contributed by atoms with E-state index in [4.69, 9.17) is 0 Å². The van der Waals surface area contributed by atoms with Crippen LogP contribution in [0.2, 0.25) is 0 Å². The van der Waals surface area contributed by atoms with Gasteiger partial charge in [-0.25, -0.2) is 4.98 Å². The van der Waals surface area contributed by atoms with Gasteiger partial charge in [0.05, 0.1) is 11.0 Å². The molecule has 2 aromatic rings. The molecule has 1 heterocycles. The van der Waals surface area contributed by atoms with E-state index < -0.39 is 0 Å². The zero-order valence-corrected chi connectivity index (χ0v) is 8.13. The van der Waals surface area contributed by atoms with Crippen LogP contribution < -0.4 is 5.32 Å². The Morgan fingerprint density at radius 3 is 2.85 bits per heavy atom. The lowest BCUT2D eigenvalue weighted by Crippen LogP contribution is -1.91. The molecular formula is C10H13N3. The number of nitrogens with one attached hydrogen (secondary N) is 1. The van der Waals surface area contributed by atoms with Gasteiger partial charge in [0.2, 0.25) is 0 Å². The van der Waals surface area contributed by atoms with Crippen LogP contribution in [0.3, 0.4) is 0 Å². The summed E-state index contributed by atoms with van der Waals surface area (Å²) in [6.07, 6.45) is 0. The minimum atomic E-state index is 1.04. The van der Waals surface area contributed by atoms with E-state index in [2.05, 4.69) is 20.9 Å². The van der Waals surface area contributed by atoms with E-state index in [-0.39, 0.29) is 0 Å². The van der Waals surface area contributed by atoms with Crippen molar-refractivity contribution < 1.29 is 0 Å². The summed E-state index contributed by atoms with van der Waals surface area (Å²) in [4.78, 5) is 4.42. The molecule has 2 rings (SSSR count). The zero-order chi connectivity index (χ0) is 9.42. The number of fused-ring (bicyclic) bond motifs is 1. The first-order valence-corrected chi connectivity index (χ1v) is 4.33. The minimum Gasteiger partial charge on any atom is -0.388 e. The molecule has 68 valence electrons. The third kappa shape index (κ3) is 1.16. The Balaban J connectivity index is 2.75. The average Bonchev–Trinajstić information content (AvgIpc) is 2.43. The number of hydrogen-bond donors (Lipinski definition) is 1. The predicted octanol–water partition coefficient (Wildman–Crippen LogP) is 1.92. The first-order valence-electron chi connectivity index (χ1n) is 4.33. The molecule has 1 N–H and O–H groups in total. The third-order valence-electron chi connectivity index (χ3n) is 2.39. The van der Waals surface area contributed by atoms with Gasteiger partial charge < -0.3 is 9.88 Å². The van der Waals surface area contributed by atoms with Gasteiger partial charge in [-0.15, -0.1) is 0 Å². The lowest BCUT2D eigenvalue weighted by atomic mass is 10.3. The van der Waals surface area contributed by atoms with Crippen LogP contribution in [0.25, 0.3) is 11.0 Å². The molecule has 0 spiro atoms. The van der Waals surface area contributed by atoms with Gasteiger partial charge >= 0.3 is 0 Å². The Labute approximate surface area is 77.4 Å². The van der Waals surface area contributed by atoms with Crippen LogP contribution in [-0.2, 0) is 7.05 Å². The highest BCUT2D eigenvalue weighted by Gasteiger charge is 2.03. The van der Waals surface area contributed by atoms with Crippen molar-refractivity contribution in [2.24, 2.45) is 7.05 Å². The van der Waals surface area contributed by atoms with Crippen LogP contribution in [0.5, 0.6) is 0 Å². The van der Waals surface area contributed by atoms with Gasteiger partial charge in [-0.05, 0) is 25.1 Å². The molecule has 1 aromatic carbocycles. The van der Waals surface area contributed by atoms with E-state index >= 15 is 0 Å². The standard InChI is InChI=1S/C10H13N3/c1-7-12-9-5-4-8(11-2)6-10(9)13(7)3/h4-6,11H,1-3H3. The van der Waals surface area contributed by atoms with Crippen LogP contribution in [0.15, 0.2) is 18.2 Å². The number of hydrogen-bond acceptors (Lipinski definition) is 2. The molecule has 0 atom stereocenters. The van der Waals surface area contributed by atoms with Crippen LogP contribution in [0.1, 0.15) is 5.82 Å². The number of imidazole rings is 1. The lowest BCUT2D eigenvalue weighted by Gasteiger charge is -2.00. The van der Waals surface area contributed by atoms with Crippen molar-refractivity contribution in [2.45, 2.75) is 6.92 Å². The maximum absolute atomic E-state index is 4.42. The summed E-state index contributed by atoms with van der Waals surface area (Å²) in [5.41, 5.74) is 3.35. The van der Waals surface area contributed by atoms with E-state index in [1.54, 1.807) is 0 Å². The highest BCUT2D eigenvalue weighted by atomic mass is 15.0. The molecule has 0 saturated carbocycles. The Morgan fingerprint density at radius 1 is 1.38 bits per heavy atom. The molecule has 0 amide bonds. The smallest absolute Gasteiger partial charge is 0.106 e. The van der Waals surface area contributed by atoms with E-state index in [0.29, 0.717) is 0 Å². The lowest BCUT2D eigenvalue weighted by molar-refractivity contribution is 0.886. The number of anilines is 1. The Morgan fingerprint density at radius 2 is 2.15 bits per heavy atom. The highest BCUT2D eigenvalue weighted by molar-refractivity contribution is 5.80. The second-order valence-corrected chi connectivity index (χ2v) is 3.17. The SMILES string of the molecule is CNc1ccc2nc(C)n(C)c2c1. The quantitative estimate of drug-likeness (QED) is 0.717. The molecule has 13 heavy (non-hydrogen) atoms. The summed E-state index contributed by atoms with van der Waals surface area (Å²) in [5, 5.41) is 3.11. The molecule has 3 heteroatoms. The summed E-state index contributed by atoms with van der Waals surface area (Å²) < 4.78 is 2.09. The molecular weight excluding hydrogens is 162 g/mol. The molecule has 0 aliphatic rings. The van der Waals surface area contributed by atoms with Crippen molar-refractivity contribution in [1.29, 1.82) is 0 Å². The van der Waals surface area contributed by atoms with Crippen LogP contribution >= 0.6 is 0 Å². The van der Waals surface area contributed by atoms with E-state index in [9.17, 15) is 0 Å². The van der Waals surface area contributed by atoms with Gasteiger partial charge in [0, 0.05) is 19.8 Å². The van der Waals surface area contributed by atoms with Crippen LogP contribution in [0.4, 0.5) is 5.69 Å². The fourth-order valence-corrected chi connectivity index (χ4v) is 1.47.